The molecular weight excluding hydrogens is 288 g/mol. The number of anilines is 1. The van der Waals surface area contributed by atoms with Crippen molar-refractivity contribution >= 4 is 28.8 Å². The number of nitriles is 1. The normalized spacial score (nSPS) is 10.3. The van der Waals surface area contributed by atoms with Gasteiger partial charge in [0, 0.05) is 18.1 Å². The Kier molecular flexibility index (Phi) is 3.30. The number of amides is 1. The monoisotopic (exact) mass is 296 g/mol. The van der Waals surface area contributed by atoms with Crippen molar-refractivity contribution in [3.05, 3.63) is 65.1 Å². The van der Waals surface area contributed by atoms with Crippen LogP contribution >= 0.6 is 11.6 Å². The Balaban J connectivity index is 1.86. The second kappa shape index (κ2) is 5.27. The SMILES string of the molecule is N#Cc1ccc(NC(=O)c2cn3ccccc3n2)cc1Cl. The van der Waals surface area contributed by atoms with Crippen molar-refractivity contribution in [2.45, 2.75) is 0 Å². The summed E-state index contributed by atoms with van der Waals surface area (Å²) >= 11 is 5.93. The highest BCUT2D eigenvalue weighted by atomic mass is 35.5. The van der Waals surface area contributed by atoms with Gasteiger partial charge in [0.2, 0.25) is 0 Å². The molecule has 6 heteroatoms. The highest BCUT2D eigenvalue weighted by Crippen LogP contribution is 2.20. The molecule has 0 bridgehead atoms. The summed E-state index contributed by atoms with van der Waals surface area (Å²) < 4.78 is 1.76. The summed E-state index contributed by atoms with van der Waals surface area (Å²) in [6, 6.07) is 12.2. The third-order valence-electron chi connectivity index (χ3n) is 2.94. The average molecular weight is 297 g/mol. The number of halogens is 1. The molecule has 2 aromatic heterocycles. The van der Waals surface area contributed by atoms with Crippen molar-refractivity contribution in [1.29, 1.82) is 5.26 Å². The lowest BCUT2D eigenvalue weighted by Gasteiger charge is -2.04. The standard InChI is InChI=1S/C15H9ClN4O/c16-12-7-11(5-4-10(12)8-17)18-15(21)13-9-20-6-2-1-3-14(20)19-13/h1-7,9H,(H,18,21). The Morgan fingerprint density at radius 2 is 2.19 bits per heavy atom. The Morgan fingerprint density at radius 3 is 2.90 bits per heavy atom. The highest BCUT2D eigenvalue weighted by molar-refractivity contribution is 6.32. The molecule has 1 aromatic carbocycles. The van der Waals surface area contributed by atoms with E-state index in [1.165, 1.54) is 6.07 Å². The minimum atomic E-state index is -0.334. The van der Waals surface area contributed by atoms with E-state index in [1.54, 1.807) is 22.7 Å². The molecular formula is C15H9ClN4O. The van der Waals surface area contributed by atoms with Crippen molar-refractivity contribution < 1.29 is 4.79 Å². The van der Waals surface area contributed by atoms with Gasteiger partial charge in [-0.05, 0) is 30.3 Å². The van der Waals surface area contributed by atoms with Crippen LogP contribution in [0.1, 0.15) is 16.1 Å². The van der Waals surface area contributed by atoms with Crippen LogP contribution in [0.15, 0.2) is 48.8 Å². The number of carbonyl (C=O) groups excluding carboxylic acids is 1. The lowest BCUT2D eigenvalue weighted by Crippen LogP contribution is -2.12. The minimum absolute atomic E-state index is 0.297. The molecule has 0 spiro atoms. The summed E-state index contributed by atoms with van der Waals surface area (Å²) in [6.45, 7) is 0. The van der Waals surface area contributed by atoms with Crippen molar-refractivity contribution in [3.63, 3.8) is 0 Å². The molecule has 0 aliphatic heterocycles. The maximum Gasteiger partial charge on any atom is 0.275 e. The predicted molar refractivity (Wildman–Crippen MR) is 79.3 cm³/mol. The van der Waals surface area contributed by atoms with Crippen LogP contribution in [0.4, 0.5) is 5.69 Å². The fraction of sp³-hybridized carbons (Fsp3) is 0. The van der Waals surface area contributed by atoms with Crippen LogP contribution in [0.25, 0.3) is 5.65 Å². The summed E-state index contributed by atoms with van der Waals surface area (Å²) in [7, 11) is 0. The molecule has 0 saturated heterocycles. The summed E-state index contributed by atoms with van der Waals surface area (Å²) in [5.74, 6) is -0.334. The number of fused-ring (bicyclic) bond motifs is 1. The molecule has 0 atom stereocenters. The first-order valence-electron chi connectivity index (χ1n) is 6.12. The number of carbonyl (C=O) groups is 1. The van der Waals surface area contributed by atoms with Gasteiger partial charge in [0.15, 0.2) is 0 Å². The summed E-state index contributed by atoms with van der Waals surface area (Å²) in [4.78, 5) is 16.4. The lowest BCUT2D eigenvalue weighted by atomic mass is 10.2. The third kappa shape index (κ3) is 2.57. The second-order valence-electron chi connectivity index (χ2n) is 4.35. The van der Waals surface area contributed by atoms with E-state index in [2.05, 4.69) is 10.3 Å². The molecule has 0 radical (unpaired) electrons. The predicted octanol–water partition coefficient (Wildman–Crippen LogP) is 3.11. The molecule has 21 heavy (non-hydrogen) atoms. The quantitative estimate of drug-likeness (QED) is 0.790. The van der Waals surface area contributed by atoms with E-state index in [1.807, 2.05) is 30.5 Å². The number of nitrogens with zero attached hydrogens (tertiary/aromatic N) is 3. The van der Waals surface area contributed by atoms with Crippen LogP contribution in [0.2, 0.25) is 5.02 Å². The number of imidazole rings is 1. The largest absolute Gasteiger partial charge is 0.321 e. The zero-order chi connectivity index (χ0) is 14.8. The van der Waals surface area contributed by atoms with Crippen LogP contribution in [0.5, 0.6) is 0 Å². The Hall–Kier alpha value is -2.84. The van der Waals surface area contributed by atoms with Gasteiger partial charge in [-0.2, -0.15) is 5.26 Å². The first-order valence-corrected chi connectivity index (χ1v) is 6.50. The molecule has 3 rings (SSSR count). The van der Waals surface area contributed by atoms with E-state index in [4.69, 9.17) is 16.9 Å². The molecule has 1 amide bonds. The van der Waals surface area contributed by atoms with Gasteiger partial charge >= 0.3 is 0 Å². The fourth-order valence-electron chi connectivity index (χ4n) is 1.92. The zero-order valence-electron chi connectivity index (χ0n) is 10.7. The first kappa shape index (κ1) is 13.2. The molecule has 0 saturated carbocycles. The van der Waals surface area contributed by atoms with Crippen LogP contribution in [-0.4, -0.2) is 15.3 Å². The number of nitrogens with one attached hydrogen (secondary N) is 1. The van der Waals surface area contributed by atoms with Gasteiger partial charge in [0.1, 0.15) is 17.4 Å². The Morgan fingerprint density at radius 1 is 1.33 bits per heavy atom. The maximum absolute atomic E-state index is 12.2. The van der Waals surface area contributed by atoms with E-state index in [0.29, 0.717) is 27.6 Å². The van der Waals surface area contributed by atoms with Gasteiger partial charge in [0.05, 0.1) is 10.6 Å². The molecule has 3 aromatic rings. The van der Waals surface area contributed by atoms with Gasteiger partial charge in [-0.3, -0.25) is 4.79 Å². The summed E-state index contributed by atoms with van der Waals surface area (Å²) in [6.07, 6.45) is 3.47. The molecule has 0 aliphatic carbocycles. The van der Waals surface area contributed by atoms with Crippen LogP contribution in [0.3, 0.4) is 0 Å². The maximum atomic E-state index is 12.2. The summed E-state index contributed by atoms with van der Waals surface area (Å²) in [5, 5.41) is 11.8. The first-order chi connectivity index (χ1) is 10.2. The number of benzene rings is 1. The molecule has 0 aliphatic rings. The number of rotatable bonds is 2. The molecule has 1 N–H and O–H groups in total. The van der Waals surface area contributed by atoms with Crippen molar-refractivity contribution in [1.82, 2.24) is 9.38 Å². The lowest BCUT2D eigenvalue weighted by molar-refractivity contribution is 0.102. The average Bonchev–Trinajstić information content (AvgIpc) is 2.91. The van der Waals surface area contributed by atoms with Crippen LogP contribution < -0.4 is 5.32 Å². The van der Waals surface area contributed by atoms with Gasteiger partial charge in [-0.25, -0.2) is 4.98 Å². The van der Waals surface area contributed by atoms with Gasteiger partial charge < -0.3 is 9.72 Å². The molecule has 102 valence electrons. The number of pyridine rings is 1. The summed E-state index contributed by atoms with van der Waals surface area (Å²) in [5.41, 5.74) is 1.88. The number of hydrogen-bond donors (Lipinski definition) is 1. The van der Waals surface area contributed by atoms with E-state index in [0.717, 1.165) is 0 Å². The molecule has 0 fully saturated rings. The number of hydrogen-bond acceptors (Lipinski definition) is 3. The van der Waals surface area contributed by atoms with Crippen molar-refractivity contribution in [3.8, 4) is 6.07 Å². The minimum Gasteiger partial charge on any atom is -0.321 e. The van der Waals surface area contributed by atoms with E-state index in [9.17, 15) is 4.79 Å². The highest BCUT2D eigenvalue weighted by Gasteiger charge is 2.11. The smallest absolute Gasteiger partial charge is 0.275 e. The second-order valence-corrected chi connectivity index (χ2v) is 4.76. The molecule has 5 nitrogen and oxygen atoms in total. The number of aromatic nitrogens is 2. The zero-order valence-corrected chi connectivity index (χ0v) is 11.5. The van der Waals surface area contributed by atoms with E-state index in [-0.39, 0.29) is 5.91 Å². The van der Waals surface area contributed by atoms with Crippen LogP contribution in [0, 0.1) is 11.3 Å². The van der Waals surface area contributed by atoms with Gasteiger partial charge in [-0.15, -0.1) is 0 Å². The fourth-order valence-corrected chi connectivity index (χ4v) is 2.15. The van der Waals surface area contributed by atoms with Gasteiger partial charge in [0.25, 0.3) is 5.91 Å². The van der Waals surface area contributed by atoms with Crippen LogP contribution in [-0.2, 0) is 0 Å². The third-order valence-corrected chi connectivity index (χ3v) is 3.26. The van der Waals surface area contributed by atoms with E-state index < -0.39 is 0 Å². The van der Waals surface area contributed by atoms with Crippen molar-refractivity contribution in [2.24, 2.45) is 0 Å². The Labute approximate surface area is 125 Å². The van der Waals surface area contributed by atoms with Gasteiger partial charge in [-0.1, -0.05) is 17.7 Å². The molecule has 2 heterocycles. The molecule has 0 unspecified atom stereocenters. The van der Waals surface area contributed by atoms with E-state index >= 15 is 0 Å². The van der Waals surface area contributed by atoms with Crippen molar-refractivity contribution in [2.75, 3.05) is 5.32 Å². The Bertz CT molecular complexity index is 846. The topological polar surface area (TPSA) is 70.2 Å².